The zero-order chi connectivity index (χ0) is 20.8. The zero-order valence-corrected chi connectivity index (χ0v) is 18.2. The maximum Gasteiger partial charge on any atom is 0.182 e. The van der Waals surface area contributed by atoms with Gasteiger partial charge in [0, 0.05) is 41.0 Å². The van der Waals surface area contributed by atoms with Crippen LogP contribution in [-0.4, -0.2) is 61.9 Å². The van der Waals surface area contributed by atoms with Gasteiger partial charge in [-0.25, -0.2) is 19.2 Å². The molecule has 9 heteroatoms. The lowest BCUT2D eigenvalue weighted by Gasteiger charge is -2.34. The summed E-state index contributed by atoms with van der Waals surface area (Å²) in [7, 11) is -2.36. The fourth-order valence-corrected chi connectivity index (χ4v) is 4.09. The molecule has 154 valence electrons. The lowest BCUT2D eigenvalue weighted by molar-refractivity contribution is 0.0985. The highest BCUT2D eigenvalue weighted by molar-refractivity contribution is 7.92. The van der Waals surface area contributed by atoms with Crippen molar-refractivity contribution in [3.05, 3.63) is 35.7 Å². The van der Waals surface area contributed by atoms with Crippen LogP contribution in [0, 0.1) is 13.8 Å². The lowest BCUT2D eigenvalue weighted by Crippen LogP contribution is -2.44. The average molecular weight is 415 g/mol. The highest BCUT2D eigenvalue weighted by atomic mass is 32.2. The van der Waals surface area contributed by atoms with Crippen molar-refractivity contribution in [2.45, 2.75) is 26.8 Å². The lowest BCUT2D eigenvalue weighted by atomic mass is 10.2. The Hall–Kier alpha value is -2.52. The molecule has 1 fully saturated rings. The molecule has 1 aliphatic heterocycles. The molecule has 4 heterocycles. The van der Waals surface area contributed by atoms with Crippen LogP contribution in [0.15, 0.2) is 28.8 Å². The molecule has 29 heavy (non-hydrogen) atoms. The zero-order valence-electron chi connectivity index (χ0n) is 17.4. The van der Waals surface area contributed by atoms with Gasteiger partial charge in [0.2, 0.25) is 0 Å². The van der Waals surface area contributed by atoms with Gasteiger partial charge < -0.3 is 9.64 Å². The molecule has 0 amide bonds. The Labute approximate surface area is 171 Å². The fourth-order valence-electron chi connectivity index (χ4n) is 3.55. The first-order valence-corrected chi connectivity index (χ1v) is 11.9. The number of hydrogen-bond donors (Lipinski definition) is 0. The maximum absolute atomic E-state index is 12.3. The van der Waals surface area contributed by atoms with Crippen molar-refractivity contribution in [3.63, 3.8) is 0 Å². The molecule has 0 spiro atoms. The fraction of sp³-hybridized carbons (Fsp3) is 0.450. The summed E-state index contributed by atoms with van der Waals surface area (Å²) in [6.45, 7) is 8.10. The second-order valence-electron chi connectivity index (χ2n) is 7.78. The van der Waals surface area contributed by atoms with Gasteiger partial charge in [-0.15, -0.1) is 0 Å². The number of aryl methyl sites for hydroxylation is 2. The Morgan fingerprint density at radius 1 is 1.21 bits per heavy atom. The van der Waals surface area contributed by atoms with Crippen LogP contribution in [0.25, 0.3) is 17.2 Å². The molecule has 3 aromatic heterocycles. The number of rotatable bonds is 3. The Morgan fingerprint density at radius 2 is 2.00 bits per heavy atom. The minimum Gasteiger partial charge on any atom is -0.377 e. The van der Waals surface area contributed by atoms with E-state index in [1.807, 2.05) is 36.6 Å². The van der Waals surface area contributed by atoms with Crippen LogP contribution in [-0.2, 0) is 14.5 Å². The van der Waals surface area contributed by atoms with Crippen LogP contribution in [0.4, 0.5) is 11.6 Å². The number of fused-ring (bicyclic) bond motifs is 1. The SMILES string of the molecule is Cc1ccn2c(-c3nc(N=S(C)(C)=O)cc(N4CCOC[C@H]4C)n3)c(C)nc2c1. The second kappa shape index (κ2) is 7.38. The van der Waals surface area contributed by atoms with E-state index >= 15 is 0 Å². The minimum atomic E-state index is -2.36. The summed E-state index contributed by atoms with van der Waals surface area (Å²) >= 11 is 0. The summed E-state index contributed by atoms with van der Waals surface area (Å²) in [5.74, 6) is 1.70. The van der Waals surface area contributed by atoms with E-state index in [9.17, 15) is 4.21 Å². The van der Waals surface area contributed by atoms with Crippen molar-refractivity contribution < 1.29 is 8.95 Å². The predicted octanol–water partition coefficient (Wildman–Crippen LogP) is 2.99. The Morgan fingerprint density at radius 3 is 2.72 bits per heavy atom. The standard InChI is InChI=1S/C20H26N6O2S/c1-13-6-7-26-17(10-13)21-15(3)19(26)20-22-16(24-29(4,5)27)11-18(23-20)25-8-9-28-12-14(25)2/h6-7,10-11,14H,8-9,12H2,1-5H3/t14-/m1/s1. The van der Waals surface area contributed by atoms with Crippen LogP contribution < -0.4 is 4.90 Å². The quantitative estimate of drug-likeness (QED) is 0.655. The number of imidazole rings is 1. The Balaban J connectivity index is 1.94. The monoisotopic (exact) mass is 414 g/mol. The summed E-state index contributed by atoms with van der Waals surface area (Å²) in [6.07, 6.45) is 5.19. The Kier molecular flexibility index (Phi) is 5.04. The number of hydrogen-bond acceptors (Lipinski definition) is 7. The van der Waals surface area contributed by atoms with E-state index in [2.05, 4.69) is 26.2 Å². The summed E-state index contributed by atoms with van der Waals surface area (Å²) in [6, 6.07) is 6.04. The first kappa shape index (κ1) is 19.8. The average Bonchev–Trinajstić information content (AvgIpc) is 2.95. The van der Waals surface area contributed by atoms with Gasteiger partial charge in [-0.1, -0.05) is 0 Å². The van der Waals surface area contributed by atoms with Gasteiger partial charge in [-0.3, -0.25) is 4.40 Å². The van der Waals surface area contributed by atoms with Crippen molar-refractivity contribution in [2.75, 3.05) is 37.2 Å². The van der Waals surface area contributed by atoms with Crippen molar-refractivity contribution in [1.29, 1.82) is 0 Å². The van der Waals surface area contributed by atoms with Crippen LogP contribution in [0.2, 0.25) is 0 Å². The van der Waals surface area contributed by atoms with E-state index in [1.54, 1.807) is 18.6 Å². The van der Waals surface area contributed by atoms with E-state index in [0.29, 0.717) is 24.9 Å². The first-order chi connectivity index (χ1) is 13.7. The molecule has 8 nitrogen and oxygen atoms in total. The number of pyridine rings is 1. The number of aromatic nitrogens is 4. The number of ether oxygens (including phenoxy) is 1. The highest BCUT2D eigenvalue weighted by Gasteiger charge is 2.23. The topological polar surface area (TPSA) is 85.0 Å². The van der Waals surface area contributed by atoms with Gasteiger partial charge >= 0.3 is 0 Å². The van der Waals surface area contributed by atoms with Crippen LogP contribution in [0.1, 0.15) is 18.2 Å². The molecule has 3 aromatic rings. The minimum absolute atomic E-state index is 0.179. The molecule has 0 aromatic carbocycles. The summed E-state index contributed by atoms with van der Waals surface area (Å²) in [5.41, 5.74) is 3.64. The van der Waals surface area contributed by atoms with E-state index in [-0.39, 0.29) is 6.04 Å². The molecule has 1 atom stereocenters. The van der Waals surface area contributed by atoms with E-state index < -0.39 is 9.73 Å². The maximum atomic E-state index is 12.3. The summed E-state index contributed by atoms with van der Waals surface area (Å²) < 4.78 is 24.3. The molecule has 0 N–H and O–H groups in total. The van der Waals surface area contributed by atoms with Crippen LogP contribution >= 0.6 is 0 Å². The molecule has 0 radical (unpaired) electrons. The van der Waals surface area contributed by atoms with Gasteiger partial charge in [-0.05, 0) is 38.5 Å². The largest absolute Gasteiger partial charge is 0.377 e. The predicted molar refractivity (Wildman–Crippen MR) is 115 cm³/mol. The third-order valence-corrected chi connectivity index (χ3v) is 5.47. The number of anilines is 1. The van der Waals surface area contributed by atoms with E-state index in [1.165, 1.54) is 0 Å². The molecule has 4 rings (SSSR count). The van der Waals surface area contributed by atoms with Crippen molar-refractivity contribution in [3.8, 4) is 11.5 Å². The van der Waals surface area contributed by atoms with E-state index in [0.717, 1.165) is 35.0 Å². The first-order valence-electron chi connectivity index (χ1n) is 9.57. The van der Waals surface area contributed by atoms with Crippen LogP contribution in [0.5, 0.6) is 0 Å². The highest BCUT2D eigenvalue weighted by Crippen LogP contribution is 2.29. The van der Waals surface area contributed by atoms with Gasteiger partial charge in [0.1, 0.15) is 17.2 Å². The molecule has 0 saturated carbocycles. The molecule has 0 aliphatic carbocycles. The number of nitrogens with zero attached hydrogens (tertiary/aromatic N) is 6. The van der Waals surface area contributed by atoms with Crippen molar-refractivity contribution >= 4 is 27.0 Å². The molecule has 1 saturated heterocycles. The number of morpholine rings is 1. The van der Waals surface area contributed by atoms with Crippen molar-refractivity contribution in [1.82, 2.24) is 19.4 Å². The summed E-state index contributed by atoms with van der Waals surface area (Å²) in [5, 5.41) is 0. The molecule has 1 aliphatic rings. The van der Waals surface area contributed by atoms with E-state index in [4.69, 9.17) is 9.72 Å². The molecule has 0 bridgehead atoms. The van der Waals surface area contributed by atoms with Gasteiger partial charge in [-0.2, -0.15) is 4.36 Å². The third kappa shape index (κ3) is 4.11. The van der Waals surface area contributed by atoms with Gasteiger partial charge in [0.05, 0.1) is 24.9 Å². The van der Waals surface area contributed by atoms with Gasteiger partial charge in [0.15, 0.2) is 11.6 Å². The molecular formula is C20H26N6O2S. The normalized spacial score (nSPS) is 17.7. The third-order valence-electron chi connectivity index (χ3n) is 4.84. The van der Waals surface area contributed by atoms with Gasteiger partial charge in [0.25, 0.3) is 0 Å². The Bertz CT molecular complexity index is 1190. The molecule has 0 unspecified atom stereocenters. The smallest absolute Gasteiger partial charge is 0.182 e. The van der Waals surface area contributed by atoms with Crippen molar-refractivity contribution in [2.24, 2.45) is 4.36 Å². The molecular weight excluding hydrogens is 388 g/mol. The van der Waals surface area contributed by atoms with Crippen LogP contribution in [0.3, 0.4) is 0 Å². The second-order valence-corrected chi connectivity index (χ2v) is 10.3. The summed E-state index contributed by atoms with van der Waals surface area (Å²) in [4.78, 5) is 16.4.